The topological polar surface area (TPSA) is 53.7 Å². The van der Waals surface area contributed by atoms with Crippen LogP contribution in [0, 0.1) is 23.3 Å². The van der Waals surface area contributed by atoms with Crippen molar-refractivity contribution >= 4 is 30.1 Å². The Hall–Kier alpha value is -1.10. The van der Waals surface area contributed by atoms with Crippen molar-refractivity contribution in [3.05, 3.63) is 35.6 Å². The Kier molecular flexibility index (Phi) is 7.87. The summed E-state index contributed by atoms with van der Waals surface area (Å²) in [4.78, 5) is -0.926. The van der Waals surface area contributed by atoms with Crippen LogP contribution in [0.5, 0.6) is 0 Å². The number of rotatable bonds is 9. The van der Waals surface area contributed by atoms with Gasteiger partial charge in [0.2, 0.25) is 12.3 Å². The minimum absolute atomic E-state index is 0.0325. The average molecular weight is 359 g/mol. The van der Waals surface area contributed by atoms with Gasteiger partial charge in [-0.1, -0.05) is 6.58 Å². The third-order valence-corrected chi connectivity index (χ3v) is 3.50. The van der Waals surface area contributed by atoms with Gasteiger partial charge in [0, 0.05) is 12.0 Å². The van der Waals surface area contributed by atoms with Crippen LogP contribution in [0.2, 0.25) is 0 Å². The fraction of sp³-hybridized carbons (Fsp3) is 0.333. The molecule has 4 nitrogen and oxygen atoms in total. The summed E-state index contributed by atoms with van der Waals surface area (Å²) >= 11 is 0.917. The summed E-state index contributed by atoms with van der Waals surface area (Å²) in [6, 6.07) is 0. The van der Waals surface area contributed by atoms with Gasteiger partial charge >= 0.3 is 0 Å². The minimum Gasteiger partial charge on any atom is -0.406 e. The van der Waals surface area contributed by atoms with E-state index in [9.17, 15) is 17.6 Å². The largest absolute Gasteiger partial charge is 0.406 e. The first kappa shape index (κ1) is 18.9. The summed E-state index contributed by atoms with van der Waals surface area (Å²) in [5.74, 6) is -6.02. The molecular weight excluding hydrogens is 346 g/mol. The van der Waals surface area contributed by atoms with Crippen LogP contribution in [0.1, 0.15) is 13.3 Å². The Morgan fingerprint density at radius 2 is 1.59 bits per heavy atom. The van der Waals surface area contributed by atoms with Gasteiger partial charge in [0.05, 0.1) is 13.2 Å². The van der Waals surface area contributed by atoms with E-state index in [-0.39, 0.29) is 25.3 Å². The third-order valence-electron chi connectivity index (χ3n) is 2.08. The lowest BCUT2D eigenvalue weighted by molar-refractivity contribution is 0.275. The molecular formula is C12H13F4NO3S2. The molecule has 10 heteroatoms. The van der Waals surface area contributed by atoms with Gasteiger partial charge in [-0.05, 0) is 13.3 Å². The average Bonchev–Trinajstić information content (AvgIpc) is 2.48. The second kappa shape index (κ2) is 9.13. The van der Waals surface area contributed by atoms with Gasteiger partial charge in [0.15, 0.2) is 23.3 Å². The number of halogens is 4. The van der Waals surface area contributed by atoms with Crippen molar-refractivity contribution in [2.24, 2.45) is 0 Å². The third kappa shape index (κ3) is 5.27. The van der Waals surface area contributed by atoms with Gasteiger partial charge < -0.3 is 14.1 Å². The molecule has 1 aromatic rings. The summed E-state index contributed by atoms with van der Waals surface area (Å²) in [5.41, 5.74) is 3.67. The Balaban J connectivity index is 2.39. The van der Waals surface area contributed by atoms with E-state index in [0.717, 1.165) is 12.3 Å². The van der Waals surface area contributed by atoms with Gasteiger partial charge in [-0.15, -0.1) is 0 Å². The number of nitrogens with two attached hydrogens (primary N) is 1. The van der Waals surface area contributed by atoms with Crippen molar-refractivity contribution in [1.29, 1.82) is 0 Å². The standard InChI is InChI=1S/C12H13F4NO3S2/c1-6(2)20-22-19-5-3-4-18-21-12-9(15)7(13)11(17)8(14)10(12)16/h1,3-5,17H2,2H3. The molecule has 1 aromatic carbocycles. The second-order valence-corrected chi connectivity index (χ2v) is 5.28. The summed E-state index contributed by atoms with van der Waals surface area (Å²) in [6.45, 7) is 5.39. The molecule has 0 fully saturated rings. The van der Waals surface area contributed by atoms with Gasteiger partial charge in [-0.2, -0.15) is 0 Å². The fourth-order valence-electron chi connectivity index (χ4n) is 1.10. The van der Waals surface area contributed by atoms with Gasteiger partial charge in [0.1, 0.15) is 16.3 Å². The monoisotopic (exact) mass is 359 g/mol. The molecule has 0 aliphatic heterocycles. The van der Waals surface area contributed by atoms with Crippen molar-refractivity contribution in [1.82, 2.24) is 0 Å². The van der Waals surface area contributed by atoms with E-state index in [0.29, 0.717) is 12.2 Å². The summed E-state index contributed by atoms with van der Waals surface area (Å²) < 4.78 is 67.9. The van der Waals surface area contributed by atoms with Crippen molar-refractivity contribution in [2.45, 2.75) is 18.2 Å². The molecule has 0 bridgehead atoms. The Morgan fingerprint density at radius 1 is 1.05 bits per heavy atom. The van der Waals surface area contributed by atoms with Crippen LogP contribution in [-0.4, -0.2) is 13.2 Å². The van der Waals surface area contributed by atoms with E-state index in [4.69, 9.17) is 18.3 Å². The molecule has 0 atom stereocenters. The van der Waals surface area contributed by atoms with Crippen LogP contribution in [0.4, 0.5) is 23.2 Å². The van der Waals surface area contributed by atoms with E-state index in [1.165, 1.54) is 0 Å². The van der Waals surface area contributed by atoms with Crippen LogP contribution < -0.4 is 5.73 Å². The first-order valence-electron chi connectivity index (χ1n) is 5.88. The number of nitrogen functional groups attached to an aromatic ring is 1. The molecule has 0 aromatic heterocycles. The molecule has 0 radical (unpaired) electrons. The fourth-order valence-corrected chi connectivity index (χ4v) is 2.09. The highest BCUT2D eigenvalue weighted by Gasteiger charge is 2.24. The predicted octanol–water partition coefficient (Wildman–Crippen LogP) is 4.37. The maximum atomic E-state index is 13.4. The Morgan fingerprint density at radius 3 is 2.14 bits per heavy atom. The molecule has 0 saturated heterocycles. The second-order valence-electron chi connectivity index (χ2n) is 3.93. The van der Waals surface area contributed by atoms with Crippen molar-refractivity contribution in [3.8, 4) is 0 Å². The molecule has 124 valence electrons. The first-order chi connectivity index (χ1) is 10.4. The number of hydrogen-bond donors (Lipinski definition) is 1. The summed E-state index contributed by atoms with van der Waals surface area (Å²) in [5, 5.41) is 0. The van der Waals surface area contributed by atoms with E-state index >= 15 is 0 Å². The van der Waals surface area contributed by atoms with Crippen molar-refractivity contribution in [2.75, 3.05) is 18.9 Å². The highest BCUT2D eigenvalue weighted by molar-refractivity contribution is 7.94. The molecule has 0 aliphatic rings. The van der Waals surface area contributed by atoms with Crippen molar-refractivity contribution in [3.63, 3.8) is 0 Å². The Bertz CT molecular complexity index is 517. The quantitative estimate of drug-likeness (QED) is 0.176. The lowest BCUT2D eigenvalue weighted by Crippen LogP contribution is -2.05. The van der Waals surface area contributed by atoms with Crippen molar-refractivity contribution < 1.29 is 30.1 Å². The zero-order valence-electron chi connectivity index (χ0n) is 11.5. The molecule has 0 aliphatic carbocycles. The maximum Gasteiger partial charge on any atom is 0.224 e. The highest BCUT2D eigenvalue weighted by atomic mass is 32.2. The molecule has 0 unspecified atom stereocenters. The molecule has 1 rings (SSSR count). The van der Waals surface area contributed by atoms with Crippen LogP contribution in [0.15, 0.2) is 17.2 Å². The maximum absolute atomic E-state index is 13.4. The van der Waals surface area contributed by atoms with Crippen LogP contribution >= 0.6 is 24.4 Å². The summed E-state index contributed by atoms with van der Waals surface area (Å²) in [7, 11) is 0. The number of allylic oxidation sites excluding steroid dienone is 1. The van der Waals surface area contributed by atoms with Crippen LogP contribution in [0.25, 0.3) is 0 Å². The predicted molar refractivity (Wildman–Crippen MR) is 76.6 cm³/mol. The zero-order valence-corrected chi connectivity index (χ0v) is 13.1. The highest BCUT2D eigenvalue weighted by Crippen LogP contribution is 2.33. The van der Waals surface area contributed by atoms with Crippen LogP contribution in [-0.2, 0) is 12.5 Å². The normalized spacial score (nSPS) is 10.8. The minimum atomic E-state index is -1.65. The van der Waals surface area contributed by atoms with E-state index in [1.807, 2.05) is 0 Å². The molecule has 0 amide bonds. The Labute approximate surface area is 133 Å². The van der Waals surface area contributed by atoms with Crippen LogP contribution in [0.3, 0.4) is 0 Å². The number of benzene rings is 1. The molecule has 22 heavy (non-hydrogen) atoms. The lowest BCUT2D eigenvalue weighted by atomic mass is 10.2. The SMILES string of the molecule is C=C(C)OSOCCCOSc1c(F)c(F)c(N)c(F)c1F. The van der Waals surface area contributed by atoms with Gasteiger partial charge in [0.25, 0.3) is 0 Å². The van der Waals surface area contributed by atoms with E-state index in [1.54, 1.807) is 6.92 Å². The molecule has 0 heterocycles. The lowest BCUT2D eigenvalue weighted by Gasteiger charge is -2.08. The number of hydrogen-bond acceptors (Lipinski definition) is 6. The van der Waals surface area contributed by atoms with E-state index in [2.05, 4.69) is 6.58 Å². The number of anilines is 1. The summed E-state index contributed by atoms with van der Waals surface area (Å²) in [6.07, 6.45) is 0.364. The molecule has 0 spiro atoms. The first-order valence-corrected chi connectivity index (χ1v) is 7.29. The van der Waals surface area contributed by atoms with Gasteiger partial charge in [-0.25, -0.2) is 17.6 Å². The zero-order chi connectivity index (χ0) is 16.7. The van der Waals surface area contributed by atoms with Gasteiger partial charge in [-0.3, -0.25) is 4.18 Å². The molecule has 2 N–H and O–H groups in total. The van der Waals surface area contributed by atoms with E-state index < -0.39 is 33.9 Å². The molecule has 0 saturated carbocycles. The smallest absolute Gasteiger partial charge is 0.224 e.